The fourth-order valence-corrected chi connectivity index (χ4v) is 4.17. The summed E-state index contributed by atoms with van der Waals surface area (Å²) in [4.78, 5) is 12.7. The second-order valence-corrected chi connectivity index (χ2v) is 9.17. The first kappa shape index (κ1) is 28.2. The zero-order valence-electron chi connectivity index (χ0n) is 20.7. The van der Waals surface area contributed by atoms with Gasteiger partial charge >= 0.3 is 6.03 Å². The van der Waals surface area contributed by atoms with Crippen LogP contribution in [-0.2, 0) is 9.47 Å². The third-order valence-electron chi connectivity index (χ3n) is 5.77. The van der Waals surface area contributed by atoms with Gasteiger partial charge in [0.15, 0.2) is 0 Å². The Morgan fingerprint density at radius 2 is 1.35 bits per heavy atom. The number of rotatable bonds is 17. The summed E-state index contributed by atoms with van der Waals surface area (Å²) < 4.78 is 11.2. The van der Waals surface area contributed by atoms with Crippen molar-refractivity contribution in [3.63, 3.8) is 0 Å². The van der Waals surface area contributed by atoms with E-state index in [0.717, 1.165) is 38.2 Å². The number of halogens is 1. The molecule has 6 heteroatoms. The summed E-state index contributed by atoms with van der Waals surface area (Å²) in [6, 6.07) is 20.5. The largest absolute Gasteiger partial charge is 0.379 e. The normalized spacial score (nSPS) is 12.1. The summed E-state index contributed by atoms with van der Waals surface area (Å²) in [5, 5.41) is 6.14. The van der Waals surface area contributed by atoms with Crippen molar-refractivity contribution in [2.45, 2.75) is 51.5 Å². The van der Waals surface area contributed by atoms with Gasteiger partial charge in [-0.3, -0.25) is 0 Å². The van der Waals surface area contributed by atoms with Crippen LogP contribution in [0.15, 0.2) is 60.7 Å². The van der Waals surface area contributed by atoms with Gasteiger partial charge < -0.3 is 20.1 Å². The minimum atomic E-state index is -0.174. The molecule has 5 nitrogen and oxygen atoms in total. The number of hydrogen-bond donors (Lipinski definition) is 2. The van der Waals surface area contributed by atoms with Crippen molar-refractivity contribution in [3.05, 3.63) is 71.8 Å². The number of unbranched alkanes of at least 4 members (excludes halogenated alkanes) is 3. The van der Waals surface area contributed by atoms with E-state index in [1.807, 2.05) is 36.4 Å². The van der Waals surface area contributed by atoms with Crippen LogP contribution in [0.5, 0.6) is 0 Å². The fourth-order valence-electron chi connectivity index (χ4n) is 3.98. The highest BCUT2D eigenvalue weighted by atomic mass is 35.5. The van der Waals surface area contributed by atoms with Crippen molar-refractivity contribution in [1.29, 1.82) is 0 Å². The van der Waals surface area contributed by atoms with Crippen LogP contribution in [0.3, 0.4) is 0 Å². The van der Waals surface area contributed by atoms with E-state index in [4.69, 9.17) is 21.1 Å². The Labute approximate surface area is 210 Å². The quantitative estimate of drug-likeness (QED) is 0.213. The zero-order chi connectivity index (χ0) is 24.4. The molecule has 1 atom stereocenters. The Hall–Kier alpha value is -2.08. The standard InChI is InChI=1S/C28H41ClN2O3/c1-23(2)27(26(24-13-7-5-8-14-24)25-15-9-6-10-16-25)31-28(32)30-18-20-34-22-21-33-19-12-4-3-11-17-29/h5-10,13-16,23,26-27H,3-4,11-12,17-22H2,1-2H3,(H2,30,31,32). The van der Waals surface area contributed by atoms with Gasteiger partial charge in [0.05, 0.1) is 19.8 Å². The molecule has 0 aromatic heterocycles. The van der Waals surface area contributed by atoms with Crippen LogP contribution in [0.4, 0.5) is 4.79 Å². The molecule has 2 aromatic rings. The van der Waals surface area contributed by atoms with Crippen LogP contribution in [0.1, 0.15) is 56.6 Å². The molecule has 0 aliphatic heterocycles. The minimum absolute atomic E-state index is 0.0523. The molecule has 2 amide bonds. The molecule has 0 saturated heterocycles. The summed E-state index contributed by atoms with van der Waals surface area (Å²) in [7, 11) is 0. The second kappa shape index (κ2) is 17.4. The average Bonchev–Trinajstić information content (AvgIpc) is 2.85. The van der Waals surface area contributed by atoms with Crippen LogP contribution in [0, 0.1) is 5.92 Å². The molecule has 0 aliphatic carbocycles. The number of nitrogens with one attached hydrogen (secondary N) is 2. The maximum Gasteiger partial charge on any atom is 0.315 e. The van der Waals surface area contributed by atoms with E-state index in [1.165, 1.54) is 11.1 Å². The van der Waals surface area contributed by atoms with Gasteiger partial charge in [-0.05, 0) is 29.9 Å². The zero-order valence-corrected chi connectivity index (χ0v) is 21.4. The number of amides is 2. The summed E-state index contributed by atoms with van der Waals surface area (Å²) in [6.45, 7) is 7.06. The number of hydrogen-bond acceptors (Lipinski definition) is 3. The minimum Gasteiger partial charge on any atom is -0.379 e. The van der Waals surface area contributed by atoms with E-state index in [2.05, 4.69) is 48.7 Å². The van der Waals surface area contributed by atoms with E-state index in [0.29, 0.717) is 26.4 Å². The van der Waals surface area contributed by atoms with Gasteiger partial charge in [-0.15, -0.1) is 11.6 Å². The second-order valence-electron chi connectivity index (χ2n) is 8.80. The van der Waals surface area contributed by atoms with Gasteiger partial charge in [-0.2, -0.15) is 0 Å². The van der Waals surface area contributed by atoms with Crippen LogP contribution < -0.4 is 10.6 Å². The van der Waals surface area contributed by atoms with Crippen molar-refractivity contribution >= 4 is 17.6 Å². The lowest BCUT2D eigenvalue weighted by atomic mass is 9.80. The molecule has 2 rings (SSSR count). The SMILES string of the molecule is CC(C)C(NC(=O)NCCOCCOCCCCCCCl)C(c1ccccc1)c1ccccc1. The third-order valence-corrected chi connectivity index (χ3v) is 6.04. The molecule has 34 heavy (non-hydrogen) atoms. The summed E-state index contributed by atoms with van der Waals surface area (Å²) in [6.07, 6.45) is 4.44. The number of ether oxygens (including phenoxy) is 2. The highest BCUT2D eigenvalue weighted by Crippen LogP contribution is 2.31. The number of benzene rings is 2. The molecular formula is C28H41ClN2O3. The van der Waals surface area contributed by atoms with E-state index in [1.54, 1.807) is 0 Å². The predicted octanol–water partition coefficient (Wildman–Crippen LogP) is 5.97. The Bertz CT molecular complexity index is 734. The summed E-state index contributed by atoms with van der Waals surface area (Å²) in [5.74, 6) is 1.05. The maximum absolute atomic E-state index is 12.7. The molecule has 0 spiro atoms. The van der Waals surface area contributed by atoms with Crippen LogP contribution in [-0.4, -0.2) is 50.9 Å². The van der Waals surface area contributed by atoms with Crippen LogP contribution >= 0.6 is 11.6 Å². The Morgan fingerprint density at radius 3 is 1.91 bits per heavy atom. The lowest BCUT2D eigenvalue weighted by Crippen LogP contribution is -2.48. The van der Waals surface area contributed by atoms with E-state index < -0.39 is 0 Å². The van der Waals surface area contributed by atoms with Crippen molar-refractivity contribution in [2.75, 3.05) is 38.9 Å². The van der Waals surface area contributed by atoms with Gasteiger partial charge in [0.2, 0.25) is 0 Å². The third kappa shape index (κ3) is 10.9. The number of urea groups is 1. The van der Waals surface area contributed by atoms with Gasteiger partial charge in [0.1, 0.15) is 0 Å². The summed E-state index contributed by atoms with van der Waals surface area (Å²) in [5.41, 5.74) is 2.38. The molecular weight excluding hydrogens is 448 g/mol. The van der Waals surface area contributed by atoms with Crippen molar-refractivity contribution < 1.29 is 14.3 Å². The van der Waals surface area contributed by atoms with Crippen molar-refractivity contribution in [1.82, 2.24) is 10.6 Å². The number of carbonyl (C=O) groups excluding carboxylic acids is 1. The van der Waals surface area contributed by atoms with Crippen LogP contribution in [0.25, 0.3) is 0 Å². The van der Waals surface area contributed by atoms with Gasteiger partial charge in [0, 0.05) is 31.0 Å². The highest BCUT2D eigenvalue weighted by Gasteiger charge is 2.28. The fraction of sp³-hybridized carbons (Fsp3) is 0.536. The van der Waals surface area contributed by atoms with E-state index in [-0.39, 0.29) is 23.9 Å². The molecule has 2 aromatic carbocycles. The molecule has 0 heterocycles. The highest BCUT2D eigenvalue weighted by molar-refractivity contribution is 6.17. The Kier molecular flexibility index (Phi) is 14.4. The lowest BCUT2D eigenvalue weighted by molar-refractivity contribution is 0.0478. The van der Waals surface area contributed by atoms with Gasteiger partial charge in [0.25, 0.3) is 0 Å². The Balaban J connectivity index is 1.75. The molecule has 0 fully saturated rings. The van der Waals surface area contributed by atoms with E-state index >= 15 is 0 Å². The molecule has 188 valence electrons. The molecule has 0 bridgehead atoms. The van der Waals surface area contributed by atoms with Crippen molar-refractivity contribution in [3.8, 4) is 0 Å². The molecule has 0 radical (unpaired) electrons. The summed E-state index contributed by atoms with van der Waals surface area (Å²) >= 11 is 5.67. The molecule has 1 unspecified atom stereocenters. The van der Waals surface area contributed by atoms with Crippen LogP contribution in [0.2, 0.25) is 0 Å². The average molecular weight is 489 g/mol. The predicted molar refractivity (Wildman–Crippen MR) is 141 cm³/mol. The maximum atomic E-state index is 12.7. The first-order chi connectivity index (χ1) is 16.6. The van der Waals surface area contributed by atoms with Crippen molar-refractivity contribution in [2.24, 2.45) is 5.92 Å². The van der Waals surface area contributed by atoms with E-state index in [9.17, 15) is 4.79 Å². The van der Waals surface area contributed by atoms with Gasteiger partial charge in [-0.25, -0.2) is 4.79 Å². The number of carbonyl (C=O) groups is 1. The first-order valence-corrected chi connectivity index (χ1v) is 13.0. The monoisotopic (exact) mass is 488 g/mol. The molecule has 0 aliphatic rings. The molecule has 0 saturated carbocycles. The Morgan fingerprint density at radius 1 is 0.794 bits per heavy atom. The smallest absolute Gasteiger partial charge is 0.315 e. The first-order valence-electron chi connectivity index (χ1n) is 12.5. The molecule has 2 N–H and O–H groups in total. The topological polar surface area (TPSA) is 59.6 Å². The number of alkyl halides is 1. The van der Waals surface area contributed by atoms with Gasteiger partial charge in [-0.1, -0.05) is 87.4 Å². The lowest BCUT2D eigenvalue weighted by Gasteiger charge is -2.32.